The summed E-state index contributed by atoms with van der Waals surface area (Å²) in [5.41, 5.74) is 2.68. The number of amides is 1. The van der Waals surface area contributed by atoms with E-state index in [1.54, 1.807) is 0 Å². The molecule has 1 unspecified atom stereocenters. The lowest BCUT2D eigenvalue weighted by Gasteiger charge is -2.07. The van der Waals surface area contributed by atoms with Gasteiger partial charge in [0.2, 0.25) is 0 Å². The summed E-state index contributed by atoms with van der Waals surface area (Å²) in [4.78, 5) is 16.4. The molecule has 0 aromatic heterocycles. The molecule has 80 valence electrons. The Bertz CT molecular complexity index is 208. The van der Waals surface area contributed by atoms with Gasteiger partial charge in [0.25, 0.3) is 5.91 Å². The third kappa shape index (κ3) is 3.89. The maximum absolute atomic E-state index is 11.4. The Morgan fingerprint density at radius 2 is 2.50 bits per heavy atom. The first-order valence-electron chi connectivity index (χ1n) is 5.03. The highest BCUT2D eigenvalue weighted by molar-refractivity contribution is 5.81. The second kappa shape index (κ2) is 5.78. The van der Waals surface area contributed by atoms with Crippen LogP contribution in [0.5, 0.6) is 0 Å². The van der Waals surface area contributed by atoms with Crippen molar-refractivity contribution in [1.29, 1.82) is 0 Å². The molecular weight excluding hydrogens is 180 g/mol. The average Bonchev–Trinajstić information content (AvgIpc) is 2.64. The fourth-order valence-corrected chi connectivity index (χ4v) is 1.21. The van der Waals surface area contributed by atoms with E-state index >= 15 is 0 Å². The minimum atomic E-state index is -0.317. The van der Waals surface area contributed by atoms with Gasteiger partial charge < -0.3 is 5.32 Å². The Hall–Kier alpha value is -0.870. The Balaban J connectivity index is 2.14. The summed E-state index contributed by atoms with van der Waals surface area (Å²) < 4.78 is 0. The molecule has 1 saturated heterocycles. The Labute approximate surface area is 84.7 Å². The van der Waals surface area contributed by atoms with E-state index in [4.69, 9.17) is 4.84 Å². The van der Waals surface area contributed by atoms with Crippen molar-refractivity contribution in [3.63, 3.8) is 0 Å². The van der Waals surface area contributed by atoms with Gasteiger partial charge in [-0.15, -0.1) is 0 Å². The number of carbonyl (C=O) groups excluding carboxylic acids is 1. The van der Waals surface area contributed by atoms with Crippen molar-refractivity contribution in [1.82, 2.24) is 10.8 Å². The lowest BCUT2D eigenvalue weighted by atomic mass is 10.2. The van der Waals surface area contributed by atoms with Crippen molar-refractivity contribution in [2.45, 2.75) is 26.4 Å². The minimum Gasteiger partial charge on any atom is -0.350 e. The molecule has 1 amide bonds. The topological polar surface area (TPSA) is 50.4 Å². The first-order chi connectivity index (χ1) is 6.70. The van der Waals surface area contributed by atoms with Crippen LogP contribution in [0.15, 0.2) is 12.2 Å². The van der Waals surface area contributed by atoms with Crippen LogP contribution in [0.4, 0.5) is 0 Å². The zero-order chi connectivity index (χ0) is 10.4. The van der Waals surface area contributed by atoms with E-state index in [9.17, 15) is 4.79 Å². The number of hydrogen-bond acceptors (Lipinski definition) is 3. The highest BCUT2D eigenvalue weighted by atomic mass is 16.7. The molecular formula is C10H18N2O2. The van der Waals surface area contributed by atoms with Crippen molar-refractivity contribution in [3.05, 3.63) is 12.2 Å². The predicted octanol–water partition coefficient (Wildman–Crippen LogP) is 0.608. The van der Waals surface area contributed by atoms with E-state index in [1.807, 2.05) is 6.08 Å². The van der Waals surface area contributed by atoms with Gasteiger partial charge in [-0.3, -0.25) is 9.63 Å². The fraction of sp³-hybridized carbons (Fsp3) is 0.700. The molecule has 1 heterocycles. The summed E-state index contributed by atoms with van der Waals surface area (Å²) in [7, 11) is 0. The largest absolute Gasteiger partial charge is 0.350 e. The van der Waals surface area contributed by atoms with Crippen LogP contribution >= 0.6 is 0 Å². The molecule has 0 aromatic carbocycles. The molecule has 1 rings (SSSR count). The van der Waals surface area contributed by atoms with Crippen LogP contribution in [0, 0.1) is 5.92 Å². The molecule has 4 heteroatoms. The van der Waals surface area contributed by atoms with Crippen molar-refractivity contribution < 1.29 is 9.63 Å². The summed E-state index contributed by atoms with van der Waals surface area (Å²) in [6.45, 7) is 5.53. The van der Waals surface area contributed by atoms with Gasteiger partial charge in [-0.1, -0.05) is 26.0 Å². The van der Waals surface area contributed by atoms with E-state index in [0.717, 1.165) is 13.0 Å². The molecule has 0 bridgehead atoms. The maximum atomic E-state index is 11.4. The molecule has 1 fully saturated rings. The Morgan fingerprint density at radius 1 is 1.71 bits per heavy atom. The van der Waals surface area contributed by atoms with Crippen LogP contribution in [0.3, 0.4) is 0 Å². The SMILES string of the molecule is CC(C)/C=C/CNC(=O)C1CCNO1. The van der Waals surface area contributed by atoms with E-state index in [2.05, 4.69) is 30.7 Å². The van der Waals surface area contributed by atoms with Crippen LogP contribution in [0.2, 0.25) is 0 Å². The van der Waals surface area contributed by atoms with Gasteiger partial charge >= 0.3 is 0 Å². The van der Waals surface area contributed by atoms with Gasteiger partial charge in [0.05, 0.1) is 0 Å². The Kier molecular flexibility index (Phi) is 4.62. The molecule has 2 N–H and O–H groups in total. The standard InChI is InChI=1S/C10H18N2O2/c1-8(2)4-3-6-11-10(13)9-5-7-12-14-9/h3-4,8-9,12H,5-7H2,1-2H3,(H,11,13)/b4-3+. The third-order valence-electron chi connectivity index (χ3n) is 1.94. The highest BCUT2D eigenvalue weighted by Crippen LogP contribution is 2.02. The van der Waals surface area contributed by atoms with Crippen LogP contribution in [-0.2, 0) is 9.63 Å². The van der Waals surface area contributed by atoms with E-state index < -0.39 is 0 Å². The fourth-order valence-electron chi connectivity index (χ4n) is 1.21. The number of hydrogen-bond donors (Lipinski definition) is 2. The van der Waals surface area contributed by atoms with Crippen molar-refractivity contribution in [2.24, 2.45) is 5.92 Å². The molecule has 0 radical (unpaired) electrons. The summed E-state index contributed by atoms with van der Waals surface area (Å²) in [6.07, 6.45) is 4.46. The van der Waals surface area contributed by atoms with Gasteiger partial charge in [0.15, 0.2) is 6.10 Å². The molecule has 4 nitrogen and oxygen atoms in total. The molecule has 1 aliphatic rings. The lowest BCUT2D eigenvalue weighted by Crippen LogP contribution is -2.34. The first-order valence-corrected chi connectivity index (χ1v) is 5.03. The van der Waals surface area contributed by atoms with Crippen LogP contribution in [0.1, 0.15) is 20.3 Å². The van der Waals surface area contributed by atoms with E-state index in [-0.39, 0.29) is 12.0 Å². The number of hydroxylamine groups is 1. The molecule has 1 atom stereocenters. The number of rotatable bonds is 4. The van der Waals surface area contributed by atoms with Gasteiger partial charge in [-0.05, 0) is 12.3 Å². The van der Waals surface area contributed by atoms with Crippen molar-refractivity contribution in [3.8, 4) is 0 Å². The summed E-state index contributed by atoms with van der Waals surface area (Å²) in [5.74, 6) is 0.486. The number of nitrogens with one attached hydrogen (secondary N) is 2. The number of carbonyl (C=O) groups is 1. The third-order valence-corrected chi connectivity index (χ3v) is 1.94. The maximum Gasteiger partial charge on any atom is 0.251 e. The summed E-state index contributed by atoms with van der Waals surface area (Å²) >= 11 is 0. The lowest BCUT2D eigenvalue weighted by molar-refractivity contribution is -0.132. The number of allylic oxidation sites excluding steroid dienone is 1. The van der Waals surface area contributed by atoms with E-state index in [1.165, 1.54) is 0 Å². The van der Waals surface area contributed by atoms with Crippen molar-refractivity contribution >= 4 is 5.91 Å². The monoisotopic (exact) mass is 198 g/mol. The predicted molar refractivity (Wildman–Crippen MR) is 54.5 cm³/mol. The molecule has 14 heavy (non-hydrogen) atoms. The van der Waals surface area contributed by atoms with E-state index in [0.29, 0.717) is 12.5 Å². The first kappa shape index (κ1) is 11.2. The van der Waals surface area contributed by atoms with Crippen molar-refractivity contribution in [2.75, 3.05) is 13.1 Å². The second-order valence-corrected chi connectivity index (χ2v) is 3.71. The van der Waals surface area contributed by atoms with Gasteiger partial charge in [0.1, 0.15) is 0 Å². The molecule has 0 aromatic rings. The molecule has 0 spiro atoms. The Morgan fingerprint density at radius 3 is 3.07 bits per heavy atom. The van der Waals surface area contributed by atoms with Crippen LogP contribution in [-0.4, -0.2) is 25.1 Å². The minimum absolute atomic E-state index is 0.0385. The highest BCUT2D eigenvalue weighted by Gasteiger charge is 2.22. The smallest absolute Gasteiger partial charge is 0.251 e. The quantitative estimate of drug-likeness (QED) is 0.651. The average molecular weight is 198 g/mol. The summed E-state index contributed by atoms with van der Waals surface area (Å²) in [6, 6.07) is 0. The summed E-state index contributed by atoms with van der Waals surface area (Å²) in [5, 5.41) is 2.79. The molecule has 1 aliphatic heterocycles. The molecule has 0 aliphatic carbocycles. The van der Waals surface area contributed by atoms with Crippen LogP contribution < -0.4 is 10.8 Å². The zero-order valence-corrected chi connectivity index (χ0v) is 8.75. The van der Waals surface area contributed by atoms with Gasteiger partial charge in [0, 0.05) is 13.1 Å². The second-order valence-electron chi connectivity index (χ2n) is 3.71. The zero-order valence-electron chi connectivity index (χ0n) is 8.75. The normalized spacial score (nSPS) is 22.1. The van der Waals surface area contributed by atoms with Gasteiger partial charge in [-0.25, -0.2) is 5.48 Å². The van der Waals surface area contributed by atoms with Crippen LogP contribution in [0.25, 0.3) is 0 Å². The molecule has 0 saturated carbocycles. The van der Waals surface area contributed by atoms with Gasteiger partial charge in [-0.2, -0.15) is 0 Å².